The van der Waals surface area contributed by atoms with E-state index in [2.05, 4.69) is 15.6 Å². The molecule has 0 aliphatic carbocycles. The summed E-state index contributed by atoms with van der Waals surface area (Å²) in [5, 5.41) is 7.61. The summed E-state index contributed by atoms with van der Waals surface area (Å²) in [6.07, 6.45) is 6.56. The van der Waals surface area contributed by atoms with Crippen molar-refractivity contribution in [3.05, 3.63) is 59.2 Å². The first-order valence-corrected chi connectivity index (χ1v) is 10.8. The lowest BCUT2D eigenvalue weighted by Crippen LogP contribution is -2.50. The van der Waals surface area contributed by atoms with Crippen molar-refractivity contribution in [2.45, 2.75) is 32.9 Å². The highest BCUT2D eigenvalue weighted by Crippen LogP contribution is 2.21. The largest absolute Gasteiger partial charge is 0.444 e. The second-order valence-electron chi connectivity index (χ2n) is 8.59. The number of carbonyl (C=O) groups excluding carboxylic acids is 2. The van der Waals surface area contributed by atoms with Crippen LogP contribution in [0.25, 0.3) is 0 Å². The summed E-state index contributed by atoms with van der Waals surface area (Å²) >= 11 is 5.59. The van der Waals surface area contributed by atoms with Crippen molar-refractivity contribution in [3.63, 3.8) is 0 Å². The van der Waals surface area contributed by atoms with Crippen molar-refractivity contribution in [2.24, 2.45) is 5.84 Å². The molecule has 0 spiro atoms. The van der Waals surface area contributed by atoms with Crippen molar-refractivity contribution in [2.75, 3.05) is 25.4 Å². The number of nitrogens with one attached hydrogen (secondary N) is 2. The van der Waals surface area contributed by atoms with E-state index < -0.39 is 11.7 Å². The summed E-state index contributed by atoms with van der Waals surface area (Å²) in [4.78, 5) is 31.3. The average molecular weight is 472 g/mol. The molecule has 2 aliphatic heterocycles. The van der Waals surface area contributed by atoms with Crippen LogP contribution in [0.1, 0.15) is 26.3 Å². The summed E-state index contributed by atoms with van der Waals surface area (Å²) in [6.45, 7) is 6.19. The summed E-state index contributed by atoms with van der Waals surface area (Å²) in [5.41, 5.74) is 6.66. The molecule has 10 nitrogen and oxygen atoms in total. The Kier molecular flexibility index (Phi) is 7.34. The van der Waals surface area contributed by atoms with E-state index in [1.165, 1.54) is 9.91 Å². The number of hydrogen-bond donors (Lipinski definition) is 4. The SMILES string of the molecule is CC(C)(C)OC(=O)N1CC(=O)C(C(=S)N(N)C2=CC=CCN2)=C(NCc2ccnc(N)c2)C1. The van der Waals surface area contributed by atoms with Crippen LogP contribution < -0.4 is 22.2 Å². The molecule has 0 saturated heterocycles. The Balaban J connectivity index is 1.90. The van der Waals surface area contributed by atoms with Crippen LogP contribution in [0.15, 0.2) is 53.6 Å². The fourth-order valence-corrected chi connectivity index (χ4v) is 3.59. The summed E-state index contributed by atoms with van der Waals surface area (Å²) in [6, 6.07) is 3.52. The topological polar surface area (TPSA) is 139 Å². The average Bonchev–Trinajstić information content (AvgIpc) is 2.76. The number of aromatic nitrogens is 1. The van der Waals surface area contributed by atoms with Gasteiger partial charge in [0.25, 0.3) is 0 Å². The Bertz CT molecular complexity index is 1040. The number of anilines is 1. The van der Waals surface area contributed by atoms with Gasteiger partial charge in [-0.25, -0.2) is 15.6 Å². The van der Waals surface area contributed by atoms with Gasteiger partial charge in [-0.15, -0.1) is 0 Å². The van der Waals surface area contributed by atoms with Crippen LogP contribution in [0.3, 0.4) is 0 Å². The smallest absolute Gasteiger partial charge is 0.411 e. The molecule has 6 N–H and O–H groups in total. The van der Waals surface area contributed by atoms with Crippen LogP contribution in [0.2, 0.25) is 0 Å². The van der Waals surface area contributed by atoms with Crippen LogP contribution in [0.4, 0.5) is 10.6 Å². The van der Waals surface area contributed by atoms with Gasteiger partial charge in [-0.05, 0) is 44.5 Å². The first-order valence-electron chi connectivity index (χ1n) is 10.4. The molecule has 11 heteroatoms. The zero-order valence-electron chi connectivity index (χ0n) is 18.9. The third kappa shape index (κ3) is 6.30. The molecule has 1 aromatic rings. The molecule has 0 fully saturated rings. The third-order valence-corrected chi connectivity index (χ3v) is 5.15. The van der Waals surface area contributed by atoms with Crippen molar-refractivity contribution >= 4 is 34.9 Å². The number of nitrogens with zero attached hydrogens (tertiary/aromatic N) is 3. The van der Waals surface area contributed by atoms with Gasteiger partial charge in [0.1, 0.15) is 22.2 Å². The van der Waals surface area contributed by atoms with E-state index in [9.17, 15) is 9.59 Å². The number of allylic oxidation sites excluding steroid dienone is 2. The number of rotatable bonds is 5. The maximum atomic E-state index is 13.2. The lowest BCUT2D eigenvalue weighted by atomic mass is 10.0. The van der Waals surface area contributed by atoms with Gasteiger partial charge >= 0.3 is 6.09 Å². The van der Waals surface area contributed by atoms with E-state index in [4.69, 9.17) is 28.5 Å². The minimum Gasteiger partial charge on any atom is -0.444 e. The number of nitrogen functional groups attached to an aromatic ring is 1. The zero-order valence-corrected chi connectivity index (χ0v) is 19.7. The molecule has 3 heterocycles. The van der Waals surface area contributed by atoms with E-state index in [0.717, 1.165) is 5.56 Å². The van der Waals surface area contributed by atoms with Gasteiger partial charge in [0.15, 0.2) is 5.78 Å². The fourth-order valence-electron chi connectivity index (χ4n) is 3.25. The highest BCUT2D eigenvalue weighted by Gasteiger charge is 2.35. The fraction of sp³-hybridized carbons (Fsp3) is 0.364. The van der Waals surface area contributed by atoms with Gasteiger partial charge in [-0.3, -0.25) is 14.7 Å². The van der Waals surface area contributed by atoms with Crippen LogP contribution in [-0.4, -0.2) is 57.0 Å². The number of dihydropyridines is 1. The number of hydrazine groups is 1. The molecule has 0 radical (unpaired) electrons. The first kappa shape index (κ1) is 24.2. The number of amides is 1. The normalized spacial score (nSPS) is 16.2. The second-order valence-corrected chi connectivity index (χ2v) is 8.98. The van der Waals surface area contributed by atoms with E-state index >= 15 is 0 Å². The molecule has 3 rings (SSSR count). The monoisotopic (exact) mass is 471 g/mol. The summed E-state index contributed by atoms with van der Waals surface area (Å²) < 4.78 is 5.46. The third-order valence-electron chi connectivity index (χ3n) is 4.75. The number of hydrogen-bond acceptors (Lipinski definition) is 9. The van der Waals surface area contributed by atoms with Gasteiger partial charge in [-0.2, -0.15) is 0 Å². The Morgan fingerprint density at radius 1 is 1.39 bits per heavy atom. The molecular weight excluding hydrogens is 442 g/mol. The Morgan fingerprint density at radius 2 is 2.15 bits per heavy atom. The van der Waals surface area contributed by atoms with Gasteiger partial charge < -0.3 is 21.1 Å². The minimum atomic E-state index is -0.692. The number of Topliss-reactive ketones (excluding diaryl/α,β-unsaturated/α-hetero) is 1. The molecule has 0 aromatic carbocycles. The molecule has 176 valence electrons. The predicted molar refractivity (Wildman–Crippen MR) is 129 cm³/mol. The maximum absolute atomic E-state index is 13.2. The molecule has 0 saturated carbocycles. The number of ketones is 1. The van der Waals surface area contributed by atoms with Crippen molar-refractivity contribution in [1.29, 1.82) is 0 Å². The number of nitrogens with two attached hydrogens (primary N) is 2. The van der Waals surface area contributed by atoms with E-state index in [-0.39, 0.29) is 29.4 Å². The molecule has 1 amide bonds. The molecule has 2 aliphatic rings. The van der Waals surface area contributed by atoms with Gasteiger partial charge in [-0.1, -0.05) is 24.4 Å². The molecule has 0 unspecified atom stereocenters. The Labute approximate surface area is 198 Å². The van der Waals surface area contributed by atoms with Crippen molar-refractivity contribution in [1.82, 2.24) is 25.5 Å². The van der Waals surface area contributed by atoms with E-state index in [0.29, 0.717) is 30.4 Å². The minimum absolute atomic E-state index is 0.108. The molecule has 33 heavy (non-hydrogen) atoms. The van der Waals surface area contributed by atoms with Crippen molar-refractivity contribution < 1.29 is 14.3 Å². The maximum Gasteiger partial charge on any atom is 0.411 e. The summed E-state index contributed by atoms with van der Waals surface area (Å²) in [5.74, 6) is 6.85. The lowest BCUT2D eigenvalue weighted by molar-refractivity contribution is -0.117. The molecule has 1 aromatic heterocycles. The van der Waals surface area contributed by atoms with Gasteiger partial charge in [0, 0.05) is 25.0 Å². The zero-order chi connectivity index (χ0) is 24.2. The highest BCUT2D eigenvalue weighted by atomic mass is 32.1. The van der Waals surface area contributed by atoms with E-state index in [1.807, 2.05) is 12.2 Å². The summed E-state index contributed by atoms with van der Waals surface area (Å²) in [7, 11) is 0. The Hall–Kier alpha value is -3.44. The Morgan fingerprint density at radius 3 is 2.79 bits per heavy atom. The van der Waals surface area contributed by atoms with Gasteiger partial charge in [0.2, 0.25) is 0 Å². The highest BCUT2D eigenvalue weighted by molar-refractivity contribution is 7.80. The van der Waals surface area contributed by atoms with Crippen LogP contribution >= 0.6 is 12.2 Å². The molecule has 0 atom stereocenters. The predicted octanol–water partition coefficient (Wildman–Crippen LogP) is 1.33. The van der Waals surface area contributed by atoms with E-state index in [1.54, 1.807) is 45.2 Å². The van der Waals surface area contributed by atoms with Crippen LogP contribution in [-0.2, 0) is 16.1 Å². The molecule has 0 bridgehead atoms. The number of pyridine rings is 1. The number of carbonyl (C=O) groups is 2. The van der Waals surface area contributed by atoms with Crippen LogP contribution in [0.5, 0.6) is 0 Å². The lowest BCUT2D eigenvalue weighted by Gasteiger charge is -2.34. The van der Waals surface area contributed by atoms with Gasteiger partial charge in [0.05, 0.1) is 18.7 Å². The second kappa shape index (κ2) is 10.0. The standard InChI is InChI=1S/C22H29N7O3S/c1-22(2,3)32-21(31)28-12-15(27-11-14-7-9-25-17(23)10-14)19(16(30)13-28)20(33)29(24)18-6-4-5-8-26-18/h4-7,9-10,26-27H,8,11-13,24H2,1-3H3,(H2,23,25). The number of thiocarbonyl (C=S) groups is 1. The molecular formula is C22H29N7O3S. The first-order chi connectivity index (χ1) is 15.5. The number of ether oxygens (including phenoxy) is 1. The van der Waals surface area contributed by atoms with Crippen molar-refractivity contribution in [3.8, 4) is 0 Å². The quantitative estimate of drug-likeness (QED) is 0.282. The van der Waals surface area contributed by atoms with Crippen LogP contribution in [0, 0.1) is 0 Å².